The molecule has 1 fully saturated rings. The molecule has 6 heteroatoms. The summed E-state index contributed by atoms with van der Waals surface area (Å²) in [5.41, 5.74) is 0.943. The summed E-state index contributed by atoms with van der Waals surface area (Å²) in [6.45, 7) is 6.03. The van der Waals surface area contributed by atoms with E-state index in [1.165, 1.54) is 0 Å². The normalized spacial score (nSPS) is 14.4. The topological polar surface area (TPSA) is 70.2 Å². The molecular weight excluding hydrogens is 254 g/mol. The maximum atomic E-state index is 12.0. The van der Waals surface area contributed by atoms with Gasteiger partial charge in [-0.2, -0.15) is 0 Å². The third-order valence-corrected chi connectivity index (χ3v) is 3.61. The molecule has 1 saturated heterocycles. The van der Waals surface area contributed by atoms with Crippen LogP contribution >= 0.6 is 0 Å². The van der Waals surface area contributed by atoms with E-state index >= 15 is 0 Å². The fourth-order valence-electron chi connectivity index (χ4n) is 2.37. The molecule has 0 aromatic carbocycles. The van der Waals surface area contributed by atoms with E-state index in [1.54, 1.807) is 0 Å². The van der Waals surface area contributed by atoms with Crippen LogP contribution in [-0.2, 0) is 11.2 Å². The number of carbonyl (C=O) groups excluding carboxylic acids is 1. The lowest BCUT2D eigenvalue weighted by Crippen LogP contribution is -2.33. The highest BCUT2D eigenvalue weighted by atomic mass is 16.2. The van der Waals surface area contributed by atoms with E-state index in [1.807, 2.05) is 25.8 Å². The maximum Gasteiger partial charge on any atom is 0.241 e. The Hall–Kier alpha value is -1.85. The first-order chi connectivity index (χ1) is 9.65. The Balaban J connectivity index is 2.06. The molecular formula is C14H23N5O. The quantitative estimate of drug-likeness (QED) is 0.852. The van der Waals surface area contributed by atoms with Crippen molar-refractivity contribution < 1.29 is 4.79 Å². The number of nitrogens with zero attached hydrogens (tertiary/aromatic N) is 3. The number of likely N-dealkylation sites (tertiary alicyclic amines) is 1. The number of carbonyl (C=O) groups is 1. The lowest BCUT2D eigenvalue weighted by atomic mass is 10.3. The minimum Gasteiger partial charge on any atom is -0.373 e. The van der Waals surface area contributed by atoms with E-state index in [0.29, 0.717) is 6.54 Å². The van der Waals surface area contributed by atoms with Crippen molar-refractivity contribution in [2.45, 2.75) is 33.1 Å². The molecule has 0 radical (unpaired) electrons. The Morgan fingerprint density at radius 3 is 2.50 bits per heavy atom. The van der Waals surface area contributed by atoms with Crippen molar-refractivity contribution in [1.29, 1.82) is 0 Å². The van der Waals surface area contributed by atoms with Gasteiger partial charge >= 0.3 is 0 Å². The van der Waals surface area contributed by atoms with Crippen LogP contribution in [0, 0.1) is 6.92 Å². The number of anilines is 2. The molecule has 1 aromatic rings. The Kier molecular flexibility index (Phi) is 4.76. The summed E-state index contributed by atoms with van der Waals surface area (Å²) in [5.74, 6) is 2.47. The van der Waals surface area contributed by atoms with Crippen molar-refractivity contribution in [3.63, 3.8) is 0 Å². The number of rotatable bonds is 5. The molecule has 110 valence electrons. The first-order valence-electron chi connectivity index (χ1n) is 7.22. The van der Waals surface area contributed by atoms with Gasteiger partial charge in [-0.05, 0) is 19.8 Å². The van der Waals surface area contributed by atoms with E-state index in [2.05, 4.69) is 20.6 Å². The summed E-state index contributed by atoms with van der Waals surface area (Å²) in [5, 5.41) is 6.22. The Labute approximate surface area is 120 Å². The van der Waals surface area contributed by atoms with Gasteiger partial charge in [-0.1, -0.05) is 6.92 Å². The number of hydrogen-bond donors (Lipinski definition) is 2. The molecule has 1 aliphatic heterocycles. The predicted molar refractivity (Wildman–Crippen MR) is 80.0 cm³/mol. The van der Waals surface area contributed by atoms with Gasteiger partial charge in [0.1, 0.15) is 17.5 Å². The number of aromatic nitrogens is 2. The molecule has 2 heterocycles. The molecule has 2 N–H and O–H groups in total. The van der Waals surface area contributed by atoms with Gasteiger partial charge in [0.15, 0.2) is 0 Å². The van der Waals surface area contributed by atoms with Crippen LogP contribution in [0.1, 0.15) is 31.2 Å². The monoisotopic (exact) mass is 277 g/mol. The van der Waals surface area contributed by atoms with Gasteiger partial charge in [0.2, 0.25) is 5.91 Å². The maximum absolute atomic E-state index is 12.0. The summed E-state index contributed by atoms with van der Waals surface area (Å²) in [6, 6.07) is 0. The number of aryl methyl sites for hydroxylation is 1. The Bertz CT molecular complexity index is 483. The summed E-state index contributed by atoms with van der Waals surface area (Å²) >= 11 is 0. The van der Waals surface area contributed by atoms with E-state index in [9.17, 15) is 4.79 Å². The van der Waals surface area contributed by atoms with Gasteiger partial charge in [0.05, 0.1) is 6.54 Å². The predicted octanol–water partition coefficient (Wildman–Crippen LogP) is 1.42. The third kappa shape index (κ3) is 3.18. The van der Waals surface area contributed by atoms with E-state index in [0.717, 1.165) is 55.4 Å². The zero-order chi connectivity index (χ0) is 14.5. The fourth-order valence-corrected chi connectivity index (χ4v) is 2.37. The standard InChI is InChI=1S/C14H23N5O/c1-4-11-17-13(15-3)10(2)14(18-11)16-9-12(20)19-7-5-6-8-19/h4-9H2,1-3H3,(H2,15,16,17,18). The first-order valence-corrected chi connectivity index (χ1v) is 7.22. The molecule has 1 aliphatic rings. The van der Waals surface area contributed by atoms with Crippen molar-refractivity contribution in [1.82, 2.24) is 14.9 Å². The van der Waals surface area contributed by atoms with Gasteiger partial charge in [-0.3, -0.25) is 4.79 Å². The molecule has 6 nitrogen and oxygen atoms in total. The van der Waals surface area contributed by atoms with Crippen LogP contribution in [-0.4, -0.2) is 47.5 Å². The zero-order valence-electron chi connectivity index (χ0n) is 12.5. The number of hydrogen-bond acceptors (Lipinski definition) is 5. The van der Waals surface area contributed by atoms with Gasteiger partial charge in [-0.25, -0.2) is 9.97 Å². The molecule has 20 heavy (non-hydrogen) atoms. The summed E-state index contributed by atoms with van der Waals surface area (Å²) in [4.78, 5) is 22.8. The molecule has 0 bridgehead atoms. The fraction of sp³-hybridized carbons (Fsp3) is 0.643. The molecule has 1 amide bonds. The molecule has 2 rings (SSSR count). The van der Waals surface area contributed by atoms with E-state index in [-0.39, 0.29) is 5.91 Å². The third-order valence-electron chi connectivity index (χ3n) is 3.61. The van der Waals surface area contributed by atoms with Crippen molar-refractivity contribution in [3.05, 3.63) is 11.4 Å². The van der Waals surface area contributed by atoms with E-state index in [4.69, 9.17) is 0 Å². The van der Waals surface area contributed by atoms with Gasteiger partial charge < -0.3 is 15.5 Å². The molecule has 0 aliphatic carbocycles. The number of nitrogens with one attached hydrogen (secondary N) is 2. The average molecular weight is 277 g/mol. The van der Waals surface area contributed by atoms with Crippen molar-refractivity contribution in [2.75, 3.05) is 37.3 Å². The smallest absolute Gasteiger partial charge is 0.241 e. The highest BCUT2D eigenvalue weighted by molar-refractivity contribution is 5.81. The van der Waals surface area contributed by atoms with Crippen LogP contribution in [0.2, 0.25) is 0 Å². The van der Waals surface area contributed by atoms with Crippen LogP contribution in [0.5, 0.6) is 0 Å². The first kappa shape index (κ1) is 14.6. The van der Waals surface area contributed by atoms with Crippen molar-refractivity contribution in [2.24, 2.45) is 0 Å². The van der Waals surface area contributed by atoms with Crippen molar-refractivity contribution >= 4 is 17.5 Å². The molecule has 0 saturated carbocycles. The highest BCUT2D eigenvalue weighted by Gasteiger charge is 2.18. The van der Waals surface area contributed by atoms with Crippen LogP contribution < -0.4 is 10.6 Å². The highest BCUT2D eigenvalue weighted by Crippen LogP contribution is 2.19. The molecule has 0 spiro atoms. The number of amides is 1. The van der Waals surface area contributed by atoms with Crippen LogP contribution in [0.3, 0.4) is 0 Å². The minimum absolute atomic E-state index is 0.143. The van der Waals surface area contributed by atoms with Crippen LogP contribution in [0.4, 0.5) is 11.6 Å². The summed E-state index contributed by atoms with van der Waals surface area (Å²) < 4.78 is 0. The second-order valence-electron chi connectivity index (χ2n) is 5.01. The minimum atomic E-state index is 0.143. The van der Waals surface area contributed by atoms with Gasteiger partial charge in [0.25, 0.3) is 0 Å². The lowest BCUT2D eigenvalue weighted by molar-refractivity contribution is -0.128. The summed E-state index contributed by atoms with van der Waals surface area (Å²) in [7, 11) is 1.84. The van der Waals surface area contributed by atoms with Crippen LogP contribution in [0.25, 0.3) is 0 Å². The SMILES string of the molecule is CCc1nc(NC)c(C)c(NCC(=O)N2CCCC2)n1. The molecule has 0 atom stereocenters. The molecule has 0 unspecified atom stereocenters. The zero-order valence-corrected chi connectivity index (χ0v) is 12.5. The lowest BCUT2D eigenvalue weighted by Gasteiger charge is -2.17. The van der Waals surface area contributed by atoms with Gasteiger partial charge in [-0.15, -0.1) is 0 Å². The second kappa shape index (κ2) is 6.54. The largest absolute Gasteiger partial charge is 0.373 e. The second-order valence-corrected chi connectivity index (χ2v) is 5.01. The molecule has 1 aromatic heterocycles. The van der Waals surface area contributed by atoms with Crippen molar-refractivity contribution in [3.8, 4) is 0 Å². The summed E-state index contributed by atoms with van der Waals surface area (Å²) in [6.07, 6.45) is 2.99. The average Bonchev–Trinajstić information content (AvgIpc) is 3.00. The van der Waals surface area contributed by atoms with E-state index < -0.39 is 0 Å². The van der Waals surface area contributed by atoms with Crippen LogP contribution in [0.15, 0.2) is 0 Å². The Morgan fingerprint density at radius 2 is 1.90 bits per heavy atom. The Morgan fingerprint density at radius 1 is 1.25 bits per heavy atom. The van der Waals surface area contributed by atoms with Gasteiger partial charge in [0, 0.05) is 32.1 Å².